The summed E-state index contributed by atoms with van der Waals surface area (Å²) in [7, 11) is 0. The third-order valence-electron chi connectivity index (χ3n) is 5.09. The van der Waals surface area contributed by atoms with Crippen LogP contribution in [0.15, 0.2) is 48.5 Å². The third-order valence-corrected chi connectivity index (χ3v) is 5.09. The molecule has 0 radical (unpaired) electrons. The first-order valence-electron chi connectivity index (χ1n) is 8.72. The number of rotatable bonds is 3. The molecule has 2 aromatic rings. The van der Waals surface area contributed by atoms with Crippen LogP contribution in [0.2, 0.25) is 0 Å². The van der Waals surface area contributed by atoms with Crippen molar-refractivity contribution in [2.75, 3.05) is 26.2 Å². The van der Waals surface area contributed by atoms with Gasteiger partial charge in [0.2, 0.25) is 0 Å². The fraction of sp³-hybridized carbons (Fsp3) is 0.400. The average Bonchev–Trinajstić information content (AvgIpc) is 2.64. The summed E-state index contributed by atoms with van der Waals surface area (Å²) in [5.41, 5.74) is -0.0829. The Morgan fingerprint density at radius 2 is 1.72 bits per heavy atom. The van der Waals surface area contributed by atoms with Gasteiger partial charge in [-0.2, -0.15) is 0 Å². The lowest BCUT2D eigenvalue weighted by atomic mass is 9.84. The minimum atomic E-state index is -0.874. The van der Waals surface area contributed by atoms with Gasteiger partial charge in [0.05, 0.1) is 5.60 Å². The van der Waals surface area contributed by atoms with E-state index in [-0.39, 0.29) is 11.9 Å². The molecule has 4 rings (SSSR count). The van der Waals surface area contributed by atoms with E-state index in [1.807, 2.05) is 24.3 Å². The van der Waals surface area contributed by atoms with E-state index in [2.05, 4.69) is 4.90 Å². The predicted octanol–water partition coefficient (Wildman–Crippen LogP) is 2.95. The number of benzene rings is 2. The Morgan fingerprint density at radius 1 is 1.04 bits per heavy atom. The minimum Gasteiger partial charge on any atom is -0.486 e. The summed E-state index contributed by atoms with van der Waals surface area (Å²) in [5.74, 6) is 1.31. The summed E-state index contributed by atoms with van der Waals surface area (Å²) < 4.78 is 24.9. The molecular weight excluding hydrogens is 321 g/mol. The molecule has 0 aromatic heterocycles. The van der Waals surface area contributed by atoms with Crippen LogP contribution >= 0.6 is 0 Å². The summed E-state index contributed by atoms with van der Waals surface area (Å²) in [6.07, 6.45) is 1.25. The number of halogens is 1. The average molecular weight is 343 g/mol. The molecule has 2 heterocycles. The van der Waals surface area contributed by atoms with Crippen molar-refractivity contribution in [3.8, 4) is 11.5 Å². The van der Waals surface area contributed by atoms with Crippen molar-refractivity contribution >= 4 is 0 Å². The minimum absolute atomic E-state index is 0.00749. The van der Waals surface area contributed by atoms with E-state index in [1.54, 1.807) is 12.1 Å². The van der Waals surface area contributed by atoms with Crippen molar-refractivity contribution < 1.29 is 19.0 Å². The van der Waals surface area contributed by atoms with E-state index in [0.717, 1.165) is 36.7 Å². The third kappa shape index (κ3) is 3.48. The fourth-order valence-corrected chi connectivity index (χ4v) is 3.60. The Labute approximate surface area is 146 Å². The van der Waals surface area contributed by atoms with Gasteiger partial charge in [-0.05, 0) is 42.7 Å². The van der Waals surface area contributed by atoms with Gasteiger partial charge < -0.3 is 14.6 Å². The highest BCUT2D eigenvalue weighted by Crippen LogP contribution is 2.34. The van der Waals surface area contributed by atoms with Crippen LogP contribution in [-0.4, -0.2) is 42.4 Å². The van der Waals surface area contributed by atoms with Crippen LogP contribution in [0.1, 0.15) is 18.4 Å². The summed E-state index contributed by atoms with van der Waals surface area (Å²) in [6.45, 7) is 2.86. The Kier molecular flexibility index (Phi) is 4.36. The zero-order valence-electron chi connectivity index (χ0n) is 14.0. The van der Waals surface area contributed by atoms with Gasteiger partial charge in [-0.1, -0.05) is 24.3 Å². The summed E-state index contributed by atoms with van der Waals surface area (Å²) in [6, 6.07) is 13.9. The van der Waals surface area contributed by atoms with Crippen LogP contribution in [0.25, 0.3) is 0 Å². The SMILES string of the molecule is OC1(c2ccc(F)cc2)CCN(C[C@@H]2COc3ccccc3O2)CC1. The van der Waals surface area contributed by atoms with Gasteiger partial charge in [0.1, 0.15) is 18.5 Å². The van der Waals surface area contributed by atoms with Gasteiger partial charge in [-0.25, -0.2) is 4.39 Å². The van der Waals surface area contributed by atoms with Crippen molar-refractivity contribution in [2.45, 2.75) is 24.5 Å². The van der Waals surface area contributed by atoms with Crippen molar-refractivity contribution in [3.63, 3.8) is 0 Å². The molecule has 132 valence electrons. The van der Waals surface area contributed by atoms with Crippen LogP contribution in [0.5, 0.6) is 11.5 Å². The molecule has 0 spiro atoms. The van der Waals surface area contributed by atoms with Crippen LogP contribution < -0.4 is 9.47 Å². The largest absolute Gasteiger partial charge is 0.486 e. The van der Waals surface area contributed by atoms with E-state index in [0.29, 0.717) is 19.4 Å². The van der Waals surface area contributed by atoms with E-state index in [9.17, 15) is 9.50 Å². The molecule has 5 heteroatoms. The summed E-state index contributed by atoms with van der Waals surface area (Å²) >= 11 is 0. The van der Waals surface area contributed by atoms with Crippen LogP contribution in [0.3, 0.4) is 0 Å². The molecule has 1 N–H and O–H groups in total. The number of ether oxygens (including phenoxy) is 2. The molecule has 0 saturated carbocycles. The molecule has 2 aliphatic rings. The number of nitrogens with zero attached hydrogens (tertiary/aromatic N) is 1. The maximum Gasteiger partial charge on any atom is 0.161 e. The quantitative estimate of drug-likeness (QED) is 0.930. The highest BCUT2D eigenvalue weighted by Gasteiger charge is 2.35. The Balaban J connectivity index is 1.34. The number of aliphatic hydroxyl groups is 1. The number of fused-ring (bicyclic) bond motifs is 1. The van der Waals surface area contributed by atoms with Crippen LogP contribution in [0, 0.1) is 5.82 Å². The number of hydrogen-bond donors (Lipinski definition) is 1. The van der Waals surface area contributed by atoms with E-state index >= 15 is 0 Å². The lowest BCUT2D eigenvalue weighted by Gasteiger charge is -2.40. The highest BCUT2D eigenvalue weighted by molar-refractivity contribution is 5.40. The molecule has 2 aromatic carbocycles. The zero-order valence-corrected chi connectivity index (χ0v) is 14.0. The Hall–Kier alpha value is -2.11. The summed E-state index contributed by atoms with van der Waals surface area (Å²) in [4.78, 5) is 2.29. The Morgan fingerprint density at radius 3 is 2.44 bits per heavy atom. The van der Waals surface area contributed by atoms with Crippen LogP contribution in [-0.2, 0) is 5.60 Å². The van der Waals surface area contributed by atoms with Crippen molar-refractivity contribution in [1.82, 2.24) is 4.90 Å². The van der Waals surface area contributed by atoms with E-state index in [1.165, 1.54) is 12.1 Å². The molecule has 4 nitrogen and oxygen atoms in total. The molecule has 1 fully saturated rings. The van der Waals surface area contributed by atoms with Crippen molar-refractivity contribution in [2.24, 2.45) is 0 Å². The van der Waals surface area contributed by atoms with Crippen molar-refractivity contribution in [1.29, 1.82) is 0 Å². The number of likely N-dealkylation sites (tertiary alicyclic amines) is 1. The van der Waals surface area contributed by atoms with Gasteiger partial charge in [-0.3, -0.25) is 4.90 Å². The molecular formula is C20H22FNO3. The lowest BCUT2D eigenvalue weighted by Crippen LogP contribution is -2.47. The fourth-order valence-electron chi connectivity index (χ4n) is 3.60. The molecule has 1 saturated heterocycles. The molecule has 0 bridgehead atoms. The molecule has 1 atom stereocenters. The predicted molar refractivity (Wildman–Crippen MR) is 92.3 cm³/mol. The topological polar surface area (TPSA) is 41.9 Å². The smallest absolute Gasteiger partial charge is 0.161 e. The second-order valence-electron chi connectivity index (χ2n) is 6.84. The highest BCUT2D eigenvalue weighted by atomic mass is 19.1. The maximum atomic E-state index is 13.1. The lowest BCUT2D eigenvalue weighted by molar-refractivity contribution is -0.0373. The molecule has 25 heavy (non-hydrogen) atoms. The number of piperidine rings is 1. The van der Waals surface area contributed by atoms with Crippen molar-refractivity contribution in [3.05, 3.63) is 59.9 Å². The van der Waals surface area contributed by atoms with Gasteiger partial charge in [0.15, 0.2) is 11.5 Å². The first-order chi connectivity index (χ1) is 12.1. The second kappa shape index (κ2) is 6.65. The van der Waals surface area contributed by atoms with Gasteiger partial charge in [-0.15, -0.1) is 0 Å². The molecule has 2 aliphatic heterocycles. The monoisotopic (exact) mass is 343 g/mol. The number of hydrogen-bond acceptors (Lipinski definition) is 4. The zero-order chi connectivity index (χ0) is 17.3. The first-order valence-corrected chi connectivity index (χ1v) is 8.72. The van der Waals surface area contributed by atoms with Gasteiger partial charge in [0.25, 0.3) is 0 Å². The standard InChI is InChI=1S/C20H22FNO3/c21-16-7-5-15(6-8-16)20(23)9-11-22(12-10-20)13-17-14-24-18-3-1-2-4-19(18)25-17/h1-8,17,23H,9-14H2/t17-/m1/s1. The normalized spacial score (nSPS) is 22.6. The molecule has 0 amide bonds. The van der Waals surface area contributed by atoms with Crippen LogP contribution in [0.4, 0.5) is 4.39 Å². The van der Waals surface area contributed by atoms with Gasteiger partial charge in [0, 0.05) is 19.6 Å². The number of para-hydroxylation sites is 2. The van der Waals surface area contributed by atoms with Gasteiger partial charge >= 0.3 is 0 Å². The maximum absolute atomic E-state index is 13.1. The first kappa shape index (κ1) is 16.4. The summed E-state index contributed by atoms with van der Waals surface area (Å²) in [5, 5.41) is 10.9. The second-order valence-corrected chi connectivity index (χ2v) is 6.84. The molecule has 0 aliphatic carbocycles. The molecule has 0 unspecified atom stereocenters. The van der Waals surface area contributed by atoms with E-state index < -0.39 is 5.60 Å². The van der Waals surface area contributed by atoms with E-state index in [4.69, 9.17) is 9.47 Å². The Bertz CT molecular complexity index is 726.